The van der Waals surface area contributed by atoms with Crippen molar-refractivity contribution in [3.05, 3.63) is 57.4 Å². The second kappa shape index (κ2) is 8.16. The molecule has 0 spiro atoms. The van der Waals surface area contributed by atoms with E-state index < -0.39 is 17.6 Å². The van der Waals surface area contributed by atoms with Crippen molar-refractivity contribution in [1.82, 2.24) is 19.8 Å². The van der Waals surface area contributed by atoms with E-state index in [1.54, 1.807) is 11.8 Å². The monoisotopic (exact) mass is 462 g/mol. The Kier molecular flexibility index (Phi) is 5.66. The number of amides is 2. The van der Waals surface area contributed by atoms with Crippen molar-refractivity contribution in [2.75, 3.05) is 26.2 Å². The average Bonchev–Trinajstić information content (AvgIpc) is 3.08. The molecule has 0 saturated carbocycles. The van der Waals surface area contributed by atoms with Gasteiger partial charge in [0, 0.05) is 37.3 Å². The van der Waals surface area contributed by atoms with Gasteiger partial charge in [-0.2, -0.15) is 13.2 Å². The quantitative estimate of drug-likeness (QED) is 0.572. The molecule has 168 valence electrons. The third kappa shape index (κ3) is 3.94. The number of aryl methyl sites for hydroxylation is 3. The van der Waals surface area contributed by atoms with Gasteiger partial charge >= 0.3 is 6.18 Å². The second-order valence-electron chi connectivity index (χ2n) is 7.72. The largest absolute Gasteiger partial charge is 0.417 e. The van der Waals surface area contributed by atoms with Crippen molar-refractivity contribution in [3.8, 4) is 0 Å². The summed E-state index contributed by atoms with van der Waals surface area (Å²) in [5, 5.41) is 0.876. The first-order valence-corrected chi connectivity index (χ1v) is 10.9. The van der Waals surface area contributed by atoms with Gasteiger partial charge in [0.15, 0.2) is 0 Å². The number of nitrogens with zero attached hydrogens (tertiary/aromatic N) is 4. The highest BCUT2D eigenvalue weighted by molar-refractivity contribution is 7.20. The lowest BCUT2D eigenvalue weighted by Gasteiger charge is -2.35. The molecule has 1 saturated heterocycles. The minimum atomic E-state index is -4.61. The fourth-order valence-electron chi connectivity index (χ4n) is 4.02. The molecule has 1 fully saturated rings. The van der Waals surface area contributed by atoms with Crippen molar-refractivity contribution in [2.24, 2.45) is 0 Å². The van der Waals surface area contributed by atoms with E-state index in [4.69, 9.17) is 0 Å². The van der Waals surface area contributed by atoms with Gasteiger partial charge in [0.2, 0.25) is 0 Å². The molecule has 0 bridgehead atoms. The van der Waals surface area contributed by atoms with Gasteiger partial charge in [-0.3, -0.25) is 9.59 Å². The van der Waals surface area contributed by atoms with E-state index in [0.717, 1.165) is 27.5 Å². The molecule has 1 aromatic carbocycles. The number of alkyl halides is 3. The van der Waals surface area contributed by atoms with Gasteiger partial charge in [0.05, 0.1) is 16.0 Å². The van der Waals surface area contributed by atoms with Crippen LogP contribution in [0.5, 0.6) is 0 Å². The topological polar surface area (TPSA) is 66.4 Å². The minimum absolute atomic E-state index is 0.162. The van der Waals surface area contributed by atoms with Crippen molar-refractivity contribution < 1.29 is 22.8 Å². The number of carbonyl (C=O) groups excluding carboxylic acids is 2. The Morgan fingerprint density at radius 2 is 1.53 bits per heavy atom. The molecule has 0 unspecified atom stereocenters. The summed E-state index contributed by atoms with van der Waals surface area (Å²) in [6.45, 7) is 6.37. The number of rotatable bonds is 2. The molecule has 10 heteroatoms. The molecule has 3 heterocycles. The maximum absolute atomic E-state index is 13.3. The van der Waals surface area contributed by atoms with Gasteiger partial charge in [-0.15, -0.1) is 11.3 Å². The fraction of sp³-hybridized carbons (Fsp3) is 0.364. The smallest absolute Gasteiger partial charge is 0.335 e. The summed E-state index contributed by atoms with van der Waals surface area (Å²) in [6.07, 6.45) is -4.61. The molecule has 0 aliphatic carbocycles. The van der Waals surface area contributed by atoms with Crippen LogP contribution in [0.4, 0.5) is 13.2 Å². The Bertz CT molecular complexity index is 1210. The molecule has 2 amide bonds. The molecule has 6 nitrogen and oxygen atoms in total. The fourth-order valence-corrected chi connectivity index (χ4v) is 5.27. The van der Waals surface area contributed by atoms with Crippen LogP contribution in [0.2, 0.25) is 0 Å². The third-order valence-corrected chi connectivity index (χ3v) is 6.77. The Morgan fingerprint density at radius 3 is 2.16 bits per heavy atom. The number of hydrogen-bond acceptors (Lipinski definition) is 5. The highest BCUT2D eigenvalue weighted by atomic mass is 32.1. The van der Waals surface area contributed by atoms with E-state index in [1.165, 1.54) is 34.4 Å². The van der Waals surface area contributed by atoms with Crippen LogP contribution in [0.25, 0.3) is 10.2 Å². The van der Waals surface area contributed by atoms with E-state index in [0.29, 0.717) is 10.7 Å². The normalized spacial score (nSPS) is 14.8. The molecule has 4 rings (SSSR count). The number of piperazine rings is 1. The van der Waals surface area contributed by atoms with Crippen molar-refractivity contribution >= 4 is 33.4 Å². The Hall–Kier alpha value is -3.01. The van der Waals surface area contributed by atoms with Crippen LogP contribution in [-0.2, 0) is 6.18 Å². The van der Waals surface area contributed by atoms with Crippen molar-refractivity contribution in [3.63, 3.8) is 0 Å². The Morgan fingerprint density at radius 1 is 0.938 bits per heavy atom. The summed E-state index contributed by atoms with van der Waals surface area (Å²) < 4.78 is 39.8. The molecule has 3 aromatic rings. The van der Waals surface area contributed by atoms with Gasteiger partial charge in [-0.05, 0) is 38.5 Å². The summed E-state index contributed by atoms with van der Waals surface area (Å²) in [5.74, 6) is -0.198. The minimum Gasteiger partial charge on any atom is -0.335 e. The number of carbonyl (C=O) groups is 2. The summed E-state index contributed by atoms with van der Waals surface area (Å²) >= 11 is 1.31. The molecule has 32 heavy (non-hydrogen) atoms. The highest BCUT2D eigenvalue weighted by Gasteiger charge is 2.37. The number of hydrogen-bond donors (Lipinski definition) is 0. The van der Waals surface area contributed by atoms with E-state index in [-0.39, 0.29) is 37.6 Å². The van der Waals surface area contributed by atoms with Gasteiger partial charge < -0.3 is 9.80 Å². The predicted octanol–water partition coefficient (Wildman–Crippen LogP) is 4.23. The molecule has 0 radical (unpaired) electrons. The Balaban J connectivity index is 1.51. The van der Waals surface area contributed by atoms with Gasteiger partial charge in [-0.25, -0.2) is 9.97 Å². The first kappa shape index (κ1) is 22.2. The van der Waals surface area contributed by atoms with Gasteiger partial charge in [0.25, 0.3) is 11.8 Å². The number of benzene rings is 1. The molecule has 1 aliphatic rings. The van der Waals surface area contributed by atoms with Crippen LogP contribution in [-0.4, -0.2) is 57.8 Å². The van der Waals surface area contributed by atoms with Crippen molar-refractivity contribution in [1.29, 1.82) is 0 Å². The maximum Gasteiger partial charge on any atom is 0.417 e. The summed E-state index contributed by atoms with van der Waals surface area (Å²) in [7, 11) is 0. The van der Waals surface area contributed by atoms with Gasteiger partial charge in [-0.1, -0.05) is 12.1 Å². The third-order valence-electron chi connectivity index (χ3n) is 5.59. The molecular formula is C22H21F3N4O2S. The first-order chi connectivity index (χ1) is 15.1. The molecule has 1 aliphatic heterocycles. The maximum atomic E-state index is 13.3. The summed E-state index contributed by atoms with van der Waals surface area (Å²) in [5.41, 5.74) is 0.324. The first-order valence-electron chi connectivity index (χ1n) is 10.1. The zero-order chi connectivity index (χ0) is 23.2. The summed E-state index contributed by atoms with van der Waals surface area (Å²) in [6, 6.07) is 4.77. The van der Waals surface area contributed by atoms with Crippen LogP contribution in [0.15, 0.2) is 24.3 Å². The lowest BCUT2D eigenvalue weighted by molar-refractivity contribution is -0.138. The SMILES string of the molecule is Cc1nc(C)c2c(C)c(C(=O)N3CCN(C(=O)c4ccccc4C(F)(F)F)CC3)sc2n1. The van der Waals surface area contributed by atoms with Crippen LogP contribution >= 0.6 is 11.3 Å². The van der Waals surface area contributed by atoms with E-state index in [1.807, 2.05) is 13.8 Å². The van der Waals surface area contributed by atoms with Gasteiger partial charge in [0.1, 0.15) is 10.7 Å². The zero-order valence-corrected chi connectivity index (χ0v) is 18.6. The standard InChI is InChI=1S/C22H21F3N4O2S/c1-12-17-13(2)26-14(3)27-19(17)32-18(12)21(31)29-10-8-28(9-11-29)20(30)15-6-4-5-7-16(15)22(23,24)25/h4-7H,8-11H2,1-3H3. The summed E-state index contributed by atoms with van der Waals surface area (Å²) in [4.78, 5) is 39.1. The van der Waals surface area contributed by atoms with Crippen LogP contribution in [0, 0.1) is 20.8 Å². The second-order valence-corrected chi connectivity index (χ2v) is 8.72. The van der Waals surface area contributed by atoms with Crippen molar-refractivity contribution in [2.45, 2.75) is 26.9 Å². The number of thiophene rings is 1. The van der Waals surface area contributed by atoms with Crippen LogP contribution < -0.4 is 0 Å². The lowest BCUT2D eigenvalue weighted by atomic mass is 10.1. The average molecular weight is 462 g/mol. The van der Waals surface area contributed by atoms with E-state index >= 15 is 0 Å². The molecular weight excluding hydrogens is 441 g/mol. The molecule has 0 atom stereocenters. The van der Waals surface area contributed by atoms with Crippen LogP contribution in [0.1, 0.15) is 42.7 Å². The Labute approximate surface area is 186 Å². The highest BCUT2D eigenvalue weighted by Crippen LogP contribution is 2.34. The zero-order valence-electron chi connectivity index (χ0n) is 17.8. The van der Waals surface area contributed by atoms with E-state index in [2.05, 4.69) is 9.97 Å². The van der Waals surface area contributed by atoms with E-state index in [9.17, 15) is 22.8 Å². The van der Waals surface area contributed by atoms with Crippen LogP contribution in [0.3, 0.4) is 0 Å². The number of fused-ring (bicyclic) bond motifs is 1. The molecule has 2 aromatic heterocycles. The predicted molar refractivity (Wildman–Crippen MR) is 115 cm³/mol. The lowest BCUT2D eigenvalue weighted by Crippen LogP contribution is -2.50. The number of halogens is 3. The molecule has 0 N–H and O–H groups in total. The number of aromatic nitrogens is 2.